The Morgan fingerprint density at radius 1 is 1.05 bits per heavy atom. The van der Waals surface area contributed by atoms with Crippen LogP contribution >= 0.6 is 11.8 Å². The smallest absolute Gasteiger partial charge is 0.416 e. The van der Waals surface area contributed by atoms with Crippen molar-refractivity contribution in [2.45, 2.75) is 37.2 Å². The summed E-state index contributed by atoms with van der Waals surface area (Å²) in [5, 5.41) is 0.489. The van der Waals surface area contributed by atoms with Crippen molar-refractivity contribution in [2.24, 2.45) is 0 Å². The van der Waals surface area contributed by atoms with E-state index in [1.807, 2.05) is 0 Å². The fraction of sp³-hybridized carbons (Fsp3) is 0.231. The van der Waals surface area contributed by atoms with E-state index in [1.54, 1.807) is 47.9 Å². The maximum absolute atomic E-state index is 13.0. The van der Waals surface area contributed by atoms with Gasteiger partial charge in [-0.2, -0.15) is 22.0 Å². The van der Waals surface area contributed by atoms with E-state index in [9.17, 15) is 26.7 Å². The van der Waals surface area contributed by atoms with Crippen LogP contribution in [-0.4, -0.2) is 28.7 Å². The summed E-state index contributed by atoms with van der Waals surface area (Å²) < 4.78 is 76.1. The molecule has 0 fully saturated rings. The molecule has 0 saturated carbocycles. The van der Waals surface area contributed by atoms with E-state index < -0.39 is 24.3 Å². The van der Waals surface area contributed by atoms with Gasteiger partial charge in [0.1, 0.15) is 5.75 Å². The van der Waals surface area contributed by atoms with Crippen molar-refractivity contribution in [1.29, 1.82) is 0 Å². The number of thioether (sulfide) groups is 1. The second-order valence-electron chi connectivity index (χ2n) is 7.87. The molecule has 0 saturated heterocycles. The Morgan fingerprint density at radius 3 is 2.46 bits per heavy atom. The molecule has 5 nitrogen and oxygen atoms in total. The number of nitrogens with zero attached hydrogens (tertiary/aromatic N) is 2. The zero-order chi connectivity index (χ0) is 26.6. The predicted octanol–water partition coefficient (Wildman–Crippen LogP) is 7.17. The number of hydrogen-bond acceptors (Lipinski definition) is 5. The van der Waals surface area contributed by atoms with Gasteiger partial charge in [-0.05, 0) is 48.9 Å². The second kappa shape index (κ2) is 11.2. The number of carbonyl (C=O) groups is 1. The summed E-state index contributed by atoms with van der Waals surface area (Å²) in [6.45, 7) is -0.873. The van der Waals surface area contributed by atoms with Gasteiger partial charge in [0.15, 0.2) is 5.16 Å². The topological polar surface area (TPSA) is 53.4 Å². The first kappa shape index (κ1) is 26.5. The molecule has 194 valence electrons. The van der Waals surface area contributed by atoms with E-state index in [1.165, 1.54) is 30.0 Å². The molecule has 1 aromatic heterocycles. The summed E-state index contributed by atoms with van der Waals surface area (Å²) in [5.74, 6) is -0.224. The average molecular weight is 537 g/mol. The third-order valence-electron chi connectivity index (χ3n) is 5.39. The van der Waals surface area contributed by atoms with Crippen LogP contribution in [-0.2, 0) is 23.2 Å². The van der Waals surface area contributed by atoms with Gasteiger partial charge in [-0.3, -0.25) is 0 Å². The second-order valence-corrected chi connectivity index (χ2v) is 8.82. The molecule has 0 aliphatic carbocycles. The van der Waals surface area contributed by atoms with Crippen molar-refractivity contribution in [1.82, 2.24) is 9.55 Å². The van der Waals surface area contributed by atoms with Gasteiger partial charge < -0.3 is 14.0 Å². The Morgan fingerprint density at radius 2 is 1.78 bits per heavy atom. The van der Waals surface area contributed by atoms with Crippen molar-refractivity contribution in [3.05, 3.63) is 89.0 Å². The zero-order valence-corrected chi connectivity index (χ0v) is 20.3. The minimum Gasteiger partial charge on any atom is -0.462 e. The highest BCUT2D eigenvalue weighted by Gasteiger charge is 2.30. The minimum atomic E-state index is -4.45. The number of alkyl halides is 5. The lowest BCUT2D eigenvalue weighted by molar-refractivity contribution is -0.137. The van der Waals surface area contributed by atoms with E-state index >= 15 is 0 Å². The first-order valence-corrected chi connectivity index (χ1v) is 12.1. The standard InChI is InChI=1S/C26H21F5N2O3S/c1-2-35-23(34)17-9-12-21-20(13-17)32-25(37-15-18-5-3-4-6-22(18)36-24(27)28)33(21)14-16-7-10-19(11-8-16)26(29,30)31/h3-13,24H,2,14-15H2,1H3. The summed E-state index contributed by atoms with van der Waals surface area (Å²) in [4.78, 5) is 16.8. The Hall–Kier alpha value is -3.60. The molecule has 0 atom stereocenters. The summed E-state index contributed by atoms with van der Waals surface area (Å²) in [6.07, 6.45) is -4.45. The van der Waals surface area contributed by atoms with Gasteiger partial charge in [0, 0.05) is 11.3 Å². The van der Waals surface area contributed by atoms with Crippen molar-refractivity contribution in [2.75, 3.05) is 6.61 Å². The third kappa shape index (κ3) is 6.40. The number of imidazole rings is 1. The van der Waals surface area contributed by atoms with E-state index in [2.05, 4.69) is 9.72 Å². The van der Waals surface area contributed by atoms with Gasteiger partial charge in [-0.15, -0.1) is 0 Å². The number of aromatic nitrogens is 2. The fourth-order valence-corrected chi connectivity index (χ4v) is 4.67. The van der Waals surface area contributed by atoms with Gasteiger partial charge in [0.25, 0.3) is 0 Å². The summed E-state index contributed by atoms with van der Waals surface area (Å²) in [7, 11) is 0. The molecule has 1 heterocycles. The van der Waals surface area contributed by atoms with E-state index in [-0.39, 0.29) is 24.7 Å². The molecule has 3 aromatic carbocycles. The Bertz CT molecular complexity index is 1390. The van der Waals surface area contributed by atoms with Gasteiger partial charge >= 0.3 is 18.8 Å². The largest absolute Gasteiger partial charge is 0.462 e. The monoisotopic (exact) mass is 536 g/mol. The molecule has 0 N–H and O–H groups in total. The Labute approximate surface area is 213 Å². The lowest BCUT2D eigenvalue weighted by atomic mass is 10.1. The average Bonchev–Trinajstić information content (AvgIpc) is 3.19. The molecule has 37 heavy (non-hydrogen) atoms. The highest BCUT2D eigenvalue weighted by Crippen LogP contribution is 2.33. The molecule has 0 spiro atoms. The van der Waals surface area contributed by atoms with Gasteiger partial charge in [-0.1, -0.05) is 42.1 Å². The first-order valence-electron chi connectivity index (χ1n) is 11.1. The number of hydrogen-bond donors (Lipinski definition) is 0. The lowest BCUT2D eigenvalue weighted by Crippen LogP contribution is -2.06. The number of carbonyl (C=O) groups excluding carboxylic acids is 1. The van der Waals surface area contributed by atoms with Gasteiger partial charge in [0.05, 0.1) is 35.3 Å². The van der Waals surface area contributed by atoms with Crippen molar-refractivity contribution in [3.63, 3.8) is 0 Å². The van der Waals surface area contributed by atoms with E-state index in [0.29, 0.717) is 32.9 Å². The van der Waals surface area contributed by atoms with Gasteiger partial charge in [0.2, 0.25) is 0 Å². The van der Waals surface area contributed by atoms with Crippen LogP contribution in [0, 0.1) is 0 Å². The molecule has 4 aromatic rings. The van der Waals surface area contributed by atoms with Gasteiger partial charge in [-0.25, -0.2) is 9.78 Å². The highest BCUT2D eigenvalue weighted by atomic mass is 32.2. The molecule has 0 unspecified atom stereocenters. The number of rotatable bonds is 9. The molecule has 0 bridgehead atoms. The maximum atomic E-state index is 13.0. The molecule has 0 aliphatic heterocycles. The number of esters is 1. The number of halogens is 5. The van der Waals surface area contributed by atoms with Crippen LogP contribution in [0.25, 0.3) is 11.0 Å². The lowest BCUT2D eigenvalue weighted by Gasteiger charge is -2.12. The first-order chi connectivity index (χ1) is 17.7. The van der Waals surface area contributed by atoms with Crippen LogP contribution in [0.2, 0.25) is 0 Å². The minimum absolute atomic E-state index is 0.0417. The summed E-state index contributed by atoms with van der Waals surface area (Å²) >= 11 is 1.25. The van der Waals surface area contributed by atoms with E-state index in [0.717, 1.165) is 12.1 Å². The van der Waals surface area contributed by atoms with Crippen LogP contribution in [0.4, 0.5) is 22.0 Å². The number of ether oxygens (including phenoxy) is 2. The van der Waals surface area contributed by atoms with Crippen molar-refractivity contribution >= 4 is 28.8 Å². The maximum Gasteiger partial charge on any atom is 0.416 e. The number of fused-ring (bicyclic) bond motifs is 1. The quantitative estimate of drug-likeness (QED) is 0.129. The predicted molar refractivity (Wildman–Crippen MR) is 129 cm³/mol. The SMILES string of the molecule is CCOC(=O)c1ccc2c(c1)nc(SCc1ccccc1OC(F)F)n2Cc1ccc(C(F)(F)F)cc1. The van der Waals surface area contributed by atoms with Crippen molar-refractivity contribution in [3.8, 4) is 5.75 Å². The molecule has 11 heteroatoms. The highest BCUT2D eigenvalue weighted by molar-refractivity contribution is 7.98. The summed E-state index contributed by atoms with van der Waals surface area (Å²) in [5.41, 5.74) is 1.81. The molecule has 0 amide bonds. The third-order valence-corrected chi connectivity index (χ3v) is 6.42. The Kier molecular flexibility index (Phi) is 8.01. The van der Waals surface area contributed by atoms with Crippen LogP contribution < -0.4 is 4.74 Å². The number of benzene rings is 3. The number of para-hydroxylation sites is 1. The zero-order valence-electron chi connectivity index (χ0n) is 19.5. The molecular formula is C26H21F5N2O3S. The molecule has 4 rings (SSSR count). The normalized spacial score (nSPS) is 11.8. The van der Waals surface area contributed by atoms with Crippen LogP contribution in [0.3, 0.4) is 0 Å². The fourth-order valence-electron chi connectivity index (χ4n) is 3.67. The molecule has 0 radical (unpaired) electrons. The van der Waals surface area contributed by atoms with Crippen LogP contribution in [0.15, 0.2) is 71.9 Å². The van der Waals surface area contributed by atoms with Crippen molar-refractivity contribution < 1.29 is 36.2 Å². The van der Waals surface area contributed by atoms with Crippen LogP contribution in [0.5, 0.6) is 5.75 Å². The molecule has 0 aliphatic rings. The summed E-state index contributed by atoms with van der Waals surface area (Å²) in [6, 6.07) is 16.1. The Balaban J connectivity index is 1.69. The molecular weight excluding hydrogens is 515 g/mol. The van der Waals surface area contributed by atoms with E-state index in [4.69, 9.17) is 4.74 Å². The van der Waals surface area contributed by atoms with Crippen LogP contribution in [0.1, 0.15) is 34.0 Å².